The highest BCUT2D eigenvalue weighted by molar-refractivity contribution is 7.89. The number of hydrogen-bond acceptors (Lipinski definition) is 5. The molecule has 1 heterocycles. The van der Waals surface area contributed by atoms with Crippen molar-refractivity contribution in [2.45, 2.75) is 24.3 Å². The lowest BCUT2D eigenvalue weighted by Gasteiger charge is -2.15. The maximum absolute atomic E-state index is 12.5. The summed E-state index contributed by atoms with van der Waals surface area (Å²) >= 11 is 0. The van der Waals surface area contributed by atoms with E-state index in [1.165, 1.54) is 10.4 Å². The number of sulfonamides is 1. The number of ether oxygens (including phenoxy) is 2. The van der Waals surface area contributed by atoms with Crippen LogP contribution in [0.1, 0.15) is 24.0 Å². The zero-order valence-electron chi connectivity index (χ0n) is 17.1. The smallest absolute Gasteiger partial charge is 0.244 e. The van der Waals surface area contributed by atoms with Gasteiger partial charge in [-0.1, -0.05) is 18.2 Å². The Kier molecular flexibility index (Phi) is 7.12. The second-order valence-corrected chi connectivity index (χ2v) is 8.86. The first kappa shape index (κ1) is 21.9. The Morgan fingerprint density at radius 2 is 1.70 bits per heavy atom. The van der Waals surface area contributed by atoms with E-state index >= 15 is 0 Å². The molecule has 7 nitrogen and oxygen atoms in total. The van der Waals surface area contributed by atoms with Gasteiger partial charge in [0.2, 0.25) is 15.9 Å². The van der Waals surface area contributed by atoms with Crippen LogP contribution in [0.4, 0.5) is 0 Å². The van der Waals surface area contributed by atoms with Crippen molar-refractivity contribution in [2.75, 3.05) is 27.3 Å². The fraction of sp³-hybridized carbons (Fsp3) is 0.318. The largest absolute Gasteiger partial charge is 0.493 e. The second kappa shape index (κ2) is 9.77. The van der Waals surface area contributed by atoms with Crippen LogP contribution in [0, 0.1) is 0 Å². The van der Waals surface area contributed by atoms with Crippen molar-refractivity contribution >= 4 is 22.0 Å². The van der Waals surface area contributed by atoms with Gasteiger partial charge in [-0.2, -0.15) is 4.31 Å². The Morgan fingerprint density at radius 3 is 2.33 bits per heavy atom. The van der Waals surface area contributed by atoms with Gasteiger partial charge in [0.15, 0.2) is 11.5 Å². The molecule has 0 unspecified atom stereocenters. The summed E-state index contributed by atoms with van der Waals surface area (Å²) in [6.45, 7) is 1.46. The highest BCUT2D eigenvalue weighted by Gasteiger charge is 2.26. The Labute approximate surface area is 177 Å². The highest BCUT2D eigenvalue weighted by Crippen LogP contribution is 2.28. The maximum Gasteiger partial charge on any atom is 0.244 e. The van der Waals surface area contributed by atoms with E-state index < -0.39 is 10.0 Å². The third kappa shape index (κ3) is 5.20. The lowest BCUT2D eigenvalue weighted by Crippen LogP contribution is -2.27. The van der Waals surface area contributed by atoms with Crippen LogP contribution < -0.4 is 14.8 Å². The van der Waals surface area contributed by atoms with Gasteiger partial charge in [0.25, 0.3) is 0 Å². The summed E-state index contributed by atoms with van der Waals surface area (Å²) < 4.78 is 37.1. The van der Waals surface area contributed by atoms with Crippen LogP contribution in [0.2, 0.25) is 0 Å². The number of hydrogen-bond donors (Lipinski definition) is 1. The molecular formula is C22H26N2O5S. The molecular weight excluding hydrogens is 404 g/mol. The van der Waals surface area contributed by atoms with Crippen molar-refractivity contribution in [3.8, 4) is 11.5 Å². The molecule has 1 saturated heterocycles. The van der Waals surface area contributed by atoms with E-state index in [0.717, 1.165) is 24.0 Å². The molecule has 0 aromatic heterocycles. The van der Waals surface area contributed by atoms with Gasteiger partial charge >= 0.3 is 0 Å². The van der Waals surface area contributed by atoms with E-state index in [-0.39, 0.29) is 10.8 Å². The van der Waals surface area contributed by atoms with Crippen molar-refractivity contribution in [2.24, 2.45) is 0 Å². The first-order chi connectivity index (χ1) is 14.4. The third-order valence-corrected chi connectivity index (χ3v) is 6.84. The van der Waals surface area contributed by atoms with Crippen molar-refractivity contribution in [3.05, 3.63) is 59.7 Å². The van der Waals surface area contributed by atoms with Crippen LogP contribution in [0.3, 0.4) is 0 Å². The molecule has 0 atom stereocenters. The summed E-state index contributed by atoms with van der Waals surface area (Å²) in [5, 5.41) is 2.79. The summed E-state index contributed by atoms with van der Waals surface area (Å²) in [7, 11) is -0.301. The first-order valence-electron chi connectivity index (χ1n) is 9.71. The highest BCUT2D eigenvalue weighted by atomic mass is 32.2. The van der Waals surface area contributed by atoms with Crippen molar-refractivity contribution in [1.82, 2.24) is 9.62 Å². The number of benzene rings is 2. The van der Waals surface area contributed by atoms with E-state index in [0.29, 0.717) is 31.1 Å². The molecule has 30 heavy (non-hydrogen) atoms. The molecule has 1 N–H and O–H groups in total. The Morgan fingerprint density at radius 1 is 1.03 bits per heavy atom. The van der Waals surface area contributed by atoms with Gasteiger partial charge < -0.3 is 14.8 Å². The number of nitrogens with zero attached hydrogens (tertiary/aromatic N) is 1. The van der Waals surface area contributed by atoms with E-state index in [9.17, 15) is 13.2 Å². The number of rotatable bonds is 8. The minimum Gasteiger partial charge on any atom is -0.493 e. The average Bonchev–Trinajstić information content (AvgIpc) is 3.32. The minimum atomic E-state index is -3.42. The van der Waals surface area contributed by atoms with Crippen molar-refractivity contribution in [3.63, 3.8) is 0 Å². The normalized spacial score (nSPS) is 14.7. The Balaban J connectivity index is 1.56. The van der Waals surface area contributed by atoms with Gasteiger partial charge in [0.1, 0.15) is 0 Å². The third-order valence-electron chi connectivity index (χ3n) is 4.93. The van der Waals surface area contributed by atoms with E-state index in [4.69, 9.17) is 9.47 Å². The number of methoxy groups -OCH3 is 2. The summed E-state index contributed by atoms with van der Waals surface area (Å²) in [4.78, 5) is 12.4. The van der Waals surface area contributed by atoms with Gasteiger partial charge in [-0.15, -0.1) is 0 Å². The summed E-state index contributed by atoms with van der Waals surface area (Å²) in [6, 6.07) is 12.0. The van der Waals surface area contributed by atoms with E-state index in [2.05, 4.69) is 5.32 Å². The molecule has 160 valence electrons. The fourth-order valence-corrected chi connectivity index (χ4v) is 4.75. The van der Waals surface area contributed by atoms with Crippen LogP contribution >= 0.6 is 0 Å². The molecule has 1 aliphatic heterocycles. The lowest BCUT2D eigenvalue weighted by atomic mass is 10.2. The summed E-state index contributed by atoms with van der Waals surface area (Å²) in [6.07, 6.45) is 4.93. The summed E-state index contributed by atoms with van der Waals surface area (Å²) in [5.41, 5.74) is 1.63. The topological polar surface area (TPSA) is 84.9 Å². The van der Waals surface area contributed by atoms with E-state index in [1.807, 2.05) is 6.07 Å². The zero-order chi connectivity index (χ0) is 21.6. The van der Waals surface area contributed by atoms with Crippen LogP contribution in [0.25, 0.3) is 6.08 Å². The predicted octanol–water partition coefficient (Wildman–Crippen LogP) is 2.82. The maximum atomic E-state index is 12.5. The minimum absolute atomic E-state index is 0.251. The van der Waals surface area contributed by atoms with Crippen molar-refractivity contribution in [1.29, 1.82) is 0 Å². The molecule has 8 heteroatoms. The molecule has 0 spiro atoms. The fourth-order valence-electron chi connectivity index (χ4n) is 3.23. The number of nitrogens with one attached hydrogen (secondary N) is 1. The number of carbonyl (C=O) groups excluding carboxylic acids is 1. The molecule has 2 aromatic carbocycles. The van der Waals surface area contributed by atoms with Crippen molar-refractivity contribution < 1.29 is 22.7 Å². The zero-order valence-corrected chi connectivity index (χ0v) is 17.9. The van der Waals surface area contributed by atoms with Gasteiger partial charge in [0, 0.05) is 25.7 Å². The number of amides is 1. The summed E-state index contributed by atoms with van der Waals surface area (Å²) in [5.74, 6) is 0.955. The van der Waals surface area contributed by atoms with Gasteiger partial charge in [-0.25, -0.2) is 8.42 Å². The molecule has 0 aliphatic carbocycles. The Bertz CT molecular complexity index is 1010. The molecule has 1 amide bonds. The first-order valence-corrected chi connectivity index (χ1v) is 11.1. The Hall–Kier alpha value is -2.84. The van der Waals surface area contributed by atoms with Gasteiger partial charge in [-0.05, 0) is 54.3 Å². The molecule has 2 aromatic rings. The average molecular weight is 431 g/mol. The lowest BCUT2D eigenvalue weighted by molar-refractivity contribution is -0.116. The quantitative estimate of drug-likeness (QED) is 0.651. The van der Waals surface area contributed by atoms with Crippen LogP contribution in [-0.4, -0.2) is 45.9 Å². The van der Waals surface area contributed by atoms with Crippen LogP contribution in [0.15, 0.2) is 53.4 Å². The molecule has 0 saturated carbocycles. The van der Waals surface area contributed by atoms with Gasteiger partial charge in [-0.3, -0.25) is 4.79 Å². The molecule has 1 aliphatic rings. The monoisotopic (exact) mass is 430 g/mol. The van der Waals surface area contributed by atoms with Gasteiger partial charge in [0.05, 0.1) is 19.1 Å². The van der Waals surface area contributed by atoms with Crippen LogP contribution in [-0.2, 0) is 21.4 Å². The SMILES string of the molecule is COc1ccc(/C=C/C(=O)NCc2ccc(S(=O)(=O)N3CCCC3)cc2)cc1OC. The molecule has 3 rings (SSSR count). The molecule has 0 bridgehead atoms. The number of carbonyl (C=O) groups is 1. The second-order valence-electron chi connectivity index (χ2n) is 6.92. The predicted molar refractivity (Wildman–Crippen MR) is 115 cm³/mol. The van der Waals surface area contributed by atoms with Crippen LogP contribution in [0.5, 0.6) is 11.5 Å². The van der Waals surface area contributed by atoms with E-state index in [1.54, 1.807) is 56.7 Å². The molecule has 0 radical (unpaired) electrons. The molecule has 1 fully saturated rings. The standard InChI is InChI=1S/C22H26N2O5S/c1-28-20-11-7-17(15-21(20)29-2)8-12-22(25)23-16-18-5-9-19(10-6-18)30(26,27)24-13-3-4-14-24/h5-12,15H,3-4,13-14,16H2,1-2H3,(H,23,25)/b12-8+.